The molecule has 2 amide bonds. The fraction of sp³-hybridized carbons (Fsp3) is 0.333. The van der Waals surface area contributed by atoms with Crippen LogP contribution in [0.25, 0.3) is 0 Å². The molecule has 0 aromatic heterocycles. The smallest absolute Gasteiger partial charge is 0.335 e. The van der Waals surface area contributed by atoms with Gasteiger partial charge in [0, 0.05) is 13.6 Å². The molecule has 98 valence electrons. The van der Waals surface area contributed by atoms with Crippen LogP contribution < -0.4 is 5.32 Å². The summed E-state index contributed by atoms with van der Waals surface area (Å²) < 4.78 is 12.0. The Bertz CT molecular complexity index is 420. The predicted molar refractivity (Wildman–Crippen MR) is 64.2 cm³/mol. The van der Waals surface area contributed by atoms with Gasteiger partial charge in [-0.1, -0.05) is 12.1 Å². The first-order valence-electron chi connectivity index (χ1n) is 5.41. The van der Waals surface area contributed by atoms with Crippen LogP contribution in [0.2, 0.25) is 0 Å². The van der Waals surface area contributed by atoms with Gasteiger partial charge in [-0.15, -0.1) is 0 Å². The summed E-state index contributed by atoms with van der Waals surface area (Å²) in [6, 6.07) is 5.82. The van der Waals surface area contributed by atoms with Crippen molar-refractivity contribution in [2.75, 3.05) is 20.3 Å². The van der Waals surface area contributed by atoms with Gasteiger partial charge < -0.3 is 15.3 Å². The Morgan fingerprint density at radius 3 is 2.44 bits per heavy atom. The molecule has 0 atom stereocenters. The van der Waals surface area contributed by atoms with Crippen LogP contribution in [0.1, 0.15) is 15.9 Å². The molecule has 0 aliphatic carbocycles. The first kappa shape index (κ1) is 14.0. The number of nitrogens with one attached hydrogen (secondary N) is 1. The van der Waals surface area contributed by atoms with Gasteiger partial charge in [0.1, 0.15) is 6.67 Å². The highest BCUT2D eigenvalue weighted by atomic mass is 19.1. The highest BCUT2D eigenvalue weighted by Gasteiger charge is 2.07. The lowest BCUT2D eigenvalue weighted by Gasteiger charge is -2.16. The summed E-state index contributed by atoms with van der Waals surface area (Å²) in [7, 11) is 1.50. The van der Waals surface area contributed by atoms with Crippen molar-refractivity contribution in [1.29, 1.82) is 0 Å². The second-order valence-electron chi connectivity index (χ2n) is 3.77. The molecule has 0 heterocycles. The monoisotopic (exact) mass is 254 g/mol. The molecule has 5 nitrogen and oxygen atoms in total. The molecule has 1 aromatic rings. The average Bonchev–Trinajstić information content (AvgIpc) is 2.36. The Morgan fingerprint density at radius 1 is 1.33 bits per heavy atom. The first-order chi connectivity index (χ1) is 8.54. The van der Waals surface area contributed by atoms with Gasteiger partial charge in [0.25, 0.3) is 0 Å². The SMILES string of the molecule is CN(CCF)C(=O)NCc1ccc(C(=O)O)cc1. The molecule has 18 heavy (non-hydrogen) atoms. The number of urea groups is 1. The van der Waals surface area contributed by atoms with E-state index >= 15 is 0 Å². The summed E-state index contributed by atoms with van der Waals surface area (Å²) in [5.74, 6) is -0.992. The Kier molecular flexibility index (Phi) is 5.10. The Balaban J connectivity index is 2.48. The van der Waals surface area contributed by atoms with Crippen molar-refractivity contribution >= 4 is 12.0 Å². The Hall–Kier alpha value is -2.11. The van der Waals surface area contributed by atoms with Crippen molar-refractivity contribution < 1.29 is 19.1 Å². The maximum absolute atomic E-state index is 12.0. The minimum atomic E-state index is -0.992. The van der Waals surface area contributed by atoms with E-state index < -0.39 is 12.6 Å². The molecule has 0 bridgehead atoms. The van der Waals surface area contributed by atoms with Gasteiger partial charge in [-0.3, -0.25) is 0 Å². The zero-order chi connectivity index (χ0) is 13.5. The maximum Gasteiger partial charge on any atom is 0.335 e. The topological polar surface area (TPSA) is 69.6 Å². The van der Waals surface area contributed by atoms with Crippen molar-refractivity contribution in [3.05, 3.63) is 35.4 Å². The number of carboxylic acids is 1. The van der Waals surface area contributed by atoms with Crippen LogP contribution in [0.4, 0.5) is 9.18 Å². The number of hydrogen-bond acceptors (Lipinski definition) is 2. The molecule has 0 unspecified atom stereocenters. The number of carbonyl (C=O) groups excluding carboxylic acids is 1. The zero-order valence-electron chi connectivity index (χ0n) is 10.0. The van der Waals surface area contributed by atoms with Gasteiger partial charge in [0.05, 0.1) is 12.1 Å². The van der Waals surface area contributed by atoms with Crippen LogP contribution in [-0.2, 0) is 6.54 Å². The Labute approximate surface area is 104 Å². The zero-order valence-corrected chi connectivity index (χ0v) is 10.0. The van der Waals surface area contributed by atoms with Crippen LogP contribution in [0.15, 0.2) is 24.3 Å². The number of halogens is 1. The highest BCUT2D eigenvalue weighted by molar-refractivity contribution is 5.87. The third-order valence-electron chi connectivity index (χ3n) is 2.41. The number of carboxylic acid groups (broad SMARTS) is 1. The van der Waals surface area contributed by atoms with Gasteiger partial charge in [0.2, 0.25) is 0 Å². The van der Waals surface area contributed by atoms with Crippen molar-refractivity contribution in [2.45, 2.75) is 6.54 Å². The number of aromatic carboxylic acids is 1. The molecule has 0 aliphatic rings. The van der Waals surface area contributed by atoms with E-state index in [0.29, 0.717) is 0 Å². The van der Waals surface area contributed by atoms with Crippen LogP contribution in [0, 0.1) is 0 Å². The van der Waals surface area contributed by atoms with Crippen molar-refractivity contribution in [1.82, 2.24) is 10.2 Å². The van der Waals surface area contributed by atoms with Crippen LogP contribution in [-0.4, -0.2) is 42.3 Å². The molecule has 0 aliphatic heterocycles. The van der Waals surface area contributed by atoms with Gasteiger partial charge in [-0.2, -0.15) is 0 Å². The van der Waals surface area contributed by atoms with Crippen LogP contribution >= 0.6 is 0 Å². The molecule has 2 N–H and O–H groups in total. The van der Waals surface area contributed by atoms with E-state index in [4.69, 9.17) is 5.11 Å². The molecule has 1 rings (SSSR count). The normalized spacial score (nSPS) is 9.89. The third kappa shape index (κ3) is 4.04. The second kappa shape index (κ2) is 6.58. The molecule has 0 fully saturated rings. The van der Waals surface area contributed by atoms with Crippen LogP contribution in [0.5, 0.6) is 0 Å². The highest BCUT2D eigenvalue weighted by Crippen LogP contribution is 2.04. The van der Waals surface area contributed by atoms with E-state index in [9.17, 15) is 14.0 Å². The fourth-order valence-electron chi connectivity index (χ4n) is 1.31. The number of carbonyl (C=O) groups is 2. The molecule has 0 radical (unpaired) electrons. The lowest BCUT2D eigenvalue weighted by molar-refractivity contribution is 0.0697. The molecule has 6 heteroatoms. The molecule has 0 saturated carbocycles. The van der Waals surface area contributed by atoms with E-state index in [1.807, 2.05) is 0 Å². The van der Waals surface area contributed by atoms with Crippen molar-refractivity contribution in [3.8, 4) is 0 Å². The van der Waals surface area contributed by atoms with Gasteiger partial charge in [0.15, 0.2) is 0 Å². The van der Waals surface area contributed by atoms with E-state index in [-0.39, 0.29) is 24.7 Å². The van der Waals surface area contributed by atoms with E-state index in [1.54, 1.807) is 12.1 Å². The molecular formula is C12H15FN2O3. The predicted octanol–water partition coefficient (Wildman–Crippen LogP) is 1.50. The molecule has 0 spiro atoms. The molecule has 0 saturated heterocycles. The Morgan fingerprint density at radius 2 is 1.94 bits per heavy atom. The number of hydrogen-bond donors (Lipinski definition) is 2. The fourth-order valence-corrected chi connectivity index (χ4v) is 1.31. The van der Waals surface area contributed by atoms with Gasteiger partial charge in [-0.05, 0) is 17.7 Å². The lowest BCUT2D eigenvalue weighted by Crippen LogP contribution is -2.37. The number of nitrogens with zero attached hydrogens (tertiary/aromatic N) is 1. The van der Waals surface area contributed by atoms with E-state index in [2.05, 4.69) is 5.32 Å². The first-order valence-corrected chi connectivity index (χ1v) is 5.41. The quantitative estimate of drug-likeness (QED) is 0.836. The van der Waals surface area contributed by atoms with Gasteiger partial charge >= 0.3 is 12.0 Å². The number of amides is 2. The van der Waals surface area contributed by atoms with Crippen LogP contribution in [0.3, 0.4) is 0 Å². The standard InChI is InChI=1S/C12H15FN2O3/c1-15(7-6-13)12(18)14-8-9-2-4-10(5-3-9)11(16)17/h2-5H,6-8H2,1H3,(H,14,18)(H,16,17). The second-order valence-corrected chi connectivity index (χ2v) is 3.77. The van der Waals surface area contributed by atoms with E-state index in [1.165, 1.54) is 24.1 Å². The third-order valence-corrected chi connectivity index (χ3v) is 2.41. The summed E-state index contributed by atoms with van der Waals surface area (Å²) in [6.07, 6.45) is 0. The largest absolute Gasteiger partial charge is 0.478 e. The molecule has 1 aromatic carbocycles. The maximum atomic E-state index is 12.0. The molecular weight excluding hydrogens is 239 g/mol. The average molecular weight is 254 g/mol. The minimum Gasteiger partial charge on any atom is -0.478 e. The number of benzene rings is 1. The summed E-state index contributed by atoms with van der Waals surface area (Å²) in [5, 5.41) is 11.3. The van der Waals surface area contributed by atoms with Crippen molar-refractivity contribution in [2.24, 2.45) is 0 Å². The lowest BCUT2D eigenvalue weighted by atomic mass is 10.1. The summed E-state index contributed by atoms with van der Waals surface area (Å²) in [6.45, 7) is -0.267. The summed E-state index contributed by atoms with van der Waals surface area (Å²) >= 11 is 0. The van der Waals surface area contributed by atoms with Crippen molar-refractivity contribution in [3.63, 3.8) is 0 Å². The summed E-state index contributed by atoms with van der Waals surface area (Å²) in [4.78, 5) is 23.3. The number of alkyl halides is 1. The van der Waals surface area contributed by atoms with E-state index in [0.717, 1.165) is 5.56 Å². The van der Waals surface area contributed by atoms with Gasteiger partial charge in [-0.25, -0.2) is 14.0 Å². The minimum absolute atomic E-state index is 0.0454. The number of rotatable bonds is 5. The summed E-state index contributed by atoms with van der Waals surface area (Å²) in [5.41, 5.74) is 0.974.